The van der Waals surface area contributed by atoms with Crippen LogP contribution in [0, 0.1) is 7.14 Å². The van der Waals surface area contributed by atoms with Gasteiger partial charge in [-0.2, -0.15) is 0 Å². The topological polar surface area (TPSA) is 58.2 Å². The van der Waals surface area contributed by atoms with Gasteiger partial charge in [-0.05, 0) is 82.3 Å². The van der Waals surface area contributed by atoms with Crippen LogP contribution < -0.4 is 10.6 Å². The fraction of sp³-hybridized carbons (Fsp3) is 0.364. The van der Waals surface area contributed by atoms with Crippen LogP contribution in [0.2, 0.25) is 0 Å². The summed E-state index contributed by atoms with van der Waals surface area (Å²) in [5, 5.41) is 5.98. The number of hydrogen-bond donors (Lipinski definition) is 2. The molecule has 0 fully saturated rings. The third kappa shape index (κ3) is 8.06. The number of benzene rings is 2. The molecule has 2 aromatic carbocycles. The van der Waals surface area contributed by atoms with Gasteiger partial charge < -0.3 is 10.6 Å². The average Bonchev–Trinajstić information content (AvgIpc) is 2.69. The monoisotopic (exact) mass is 604 g/mol. The number of unbranched alkanes of at least 4 members (excludes halogenated alkanes) is 5. The molecule has 0 aromatic heterocycles. The van der Waals surface area contributed by atoms with E-state index in [1.165, 1.54) is 0 Å². The molecule has 2 N–H and O–H groups in total. The number of hydrogen-bond acceptors (Lipinski definition) is 2. The second-order valence-electron chi connectivity index (χ2n) is 6.59. The van der Waals surface area contributed by atoms with E-state index in [1.807, 2.05) is 48.5 Å². The molecular formula is C22H26I2N2O2. The first kappa shape index (κ1) is 23.1. The molecule has 0 saturated carbocycles. The fourth-order valence-corrected chi connectivity index (χ4v) is 4.11. The van der Waals surface area contributed by atoms with E-state index in [-0.39, 0.29) is 11.8 Å². The van der Waals surface area contributed by atoms with Crippen LogP contribution in [0.4, 0.5) is 0 Å². The SMILES string of the molecule is O=C(NCCCCCCCCNC(=O)c1ccccc1I)c1ccccc1I. The smallest absolute Gasteiger partial charge is 0.252 e. The van der Waals surface area contributed by atoms with E-state index in [1.54, 1.807) is 0 Å². The quantitative estimate of drug-likeness (QED) is 0.267. The van der Waals surface area contributed by atoms with E-state index < -0.39 is 0 Å². The lowest BCUT2D eigenvalue weighted by Crippen LogP contribution is -2.25. The minimum absolute atomic E-state index is 0.00817. The van der Waals surface area contributed by atoms with Crippen LogP contribution >= 0.6 is 45.2 Å². The first-order valence-corrected chi connectivity index (χ1v) is 11.8. The van der Waals surface area contributed by atoms with Gasteiger partial charge in [0, 0.05) is 20.2 Å². The molecule has 2 rings (SSSR count). The largest absolute Gasteiger partial charge is 0.352 e. The highest BCUT2D eigenvalue weighted by molar-refractivity contribution is 14.1. The lowest BCUT2D eigenvalue weighted by Gasteiger charge is -2.08. The second kappa shape index (κ2) is 13.1. The number of rotatable bonds is 11. The minimum Gasteiger partial charge on any atom is -0.352 e. The third-order valence-corrected chi connectivity index (χ3v) is 6.29. The van der Waals surface area contributed by atoms with Crippen LogP contribution in [0.15, 0.2) is 48.5 Å². The third-order valence-electron chi connectivity index (χ3n) is 4.41. The summed E-state index contributed by atoms with van der Waals surface area (Å²) in [6.45, 7) is 1.44. The maximum Gasteiger partial charge on any atom is 0.252 e. The Morgan fingerprint density at radius 1 is 0.607 bits per heavy atom. The van der Waals surface area contributed by atoms with Crippen LogP contribution in [0.1, 0.15) is 59.2 Å². The number of carbonyl (C=O) groups is 2. The Morgan fingerprint density at radius 2 is 0.964 bits per heavy atom. The van der Waals surface area contributed by atoms with E-state index in [9.17, 15) is 9.59 Å². The van der Waals surface area contributed by atoms with Crippen LogP contribution in [-0.4, -0.2) is 24.9 Å². The molecule has 150 valence electrons. The molecule has 2 amide bonds. The molecule has 2 aromatic rings. The molecule has 0 heterocycles. The average molecular weight is 604 g/mol. The normalized spacial score (nSPS) is 10.5. The second-order valence-corrected chi connectivity index (χ2v) is 8.92. The van der Waals surface area contributed by atoms with Crippen LogP contribution in [0.25, 0.3) is 0 Å². The standard InChI is InChI=1S/C22H26I2N2O2/c23-19-13-7-5-11-17(19)21(27)25-15-9-3-1-2-4-10-16-26-22(28)18-12-6-8-14-20(18)24/h5-8,11-14H,1-4,9-10,15-16H2,(H,25,27)(H,26,28). The van der Waals surface area contributed by atoms with Crippen LogP contribution in [0.3, 0.4) is 0 Å². The lowest BCUT2D eigenvalue weighted by atomic mass is 10.1. The Bertz CT molecular complexity index is 715. The highest BCUT2D eigenvalue weighted by Crippen LogP contribution is 2.12. The summed E-state index contributed by atoms with van der Waals surface area (Å²) in [6.07, 6.45) is 6.53. The van der Waals surface area contributed by atoms with Crippen molar-refractivity contribution < 1.29 is 9.59 Å². The van der Waals surface area contributed by atoms with Crippen molar-refractivity contribution in [2.24, 2.45) is 0 Å². The first-order chi connectivity index (χ1) is 13.6. The lowest BCUT2D eigenvalue weighted by molar-refractivity contribution is 0.0943. The molecule has 6 heteroatoms. The first-order valence-electron chi connectivity index (χ1n) is 9.65. The van der Waals surface area contributed by atoms with Crippen LogP contribution in [-0.2, 0) is 0 Å². The molecule has 4 nitrogen and oxygen atoms in total. The molecule has 0 radical (unpaired) electrons. The summed E-state index contributed by atoms with van der Waals surface area (Å²) in [7, 11) is 0. The van der Waals surface area contributed by atoms with Crippen molar-refractivity contribution in [3.05, 3.63) is 66.8 Å². The summed E-state index contributed by atoms with van der Waals surface area (Å²) >= 11 is 4.37. The predicted octanol–water partition coefficient (Wildman–Crippen LogP) is 5.40. The van der Waals surface area contributed by atoms with Crippen LogP contribution in [0.5, 0.6) is 0 Å². The fourth-order valence-electron chi connectivity index (χ4n) is 2.84. The van der Waals surface area contributed by atoms with Gasteiger partial charge in [-0.25, -0.2) is 0 Å². The van der Waals surface area contributed by atoms with E-state index >= 15 is 0 Å². The Labute approximate surface area is 194 Å². The zero-order chi connectivity index (χ0) is 20.2. The van der Waals surface area contributed by atoms with Crippen molar-refractivity contribution in [2.75, 3.05) is 13.1 Å². The van der Waals surface area contributed by atoms with Crippen molar-refractivity contribution in [1.29, 1.82) is 0 Å². The molecule has 0 unspecified atom stereocenters. The van der Waals surface area contributed by atoms with Gasteiger partial charge in [0.1, 0.15) is 0 Å². The molecule has 0 aliphatic rings. The van der Waals surface area contributed by atoms with Gasteiger partial charge in [-0.1, -0.05) is 49.9 Å². The molecule has 0 spiro atoms. The summed E-state index contributed by atoms with van der Waals surface area (Å²) in [6, 6.07) is 15.2. The van der Waals surface area contributed by atoms with Gasteiger partial charge in [-0.3, -0.25) is 9.59 Å². The summed E-state index contributed by atoms with van der Waals surface area (Å²) in [5.41, 5.74) is 1.49. The summed E-state index contributed by atoms with van der Waals surface area (Å²) in [4.78, 5) is 24.2. The van der Waals surface area contributed by atoms with Gasteiger partial charge >= 0.3 is 0 Å². The van der Waals surface area contributed by atoms with E-state index in [2.05, 4.69) is 55.8 Å². The molecule has 0 aliphatic carbocycles. The Balaban J connectivity index is 1.47. The van der Waals surface area contributed by atoms with Crippen molar-refractivity contribution in [1.82, 2.24) is 10.6 Å². The van der Waals surface area contributed by atoms with Crippen molar-refractivity contribution in [2.45, 2.75) is 38.5 Å². The maximum atomic E-state index is 12.1. The van der Waals surface area contributed by atoms with Gasteiger partial charge in [0.2, 0.25) is 0 Å². The summed E-state index contributed by atoms with van der Waals surface area (Å²) in [5.74, 6) is 0.0163. The van der Waals surface area contributed by atoms with Gasteiger partial charge in [0.15, 0.2) is 0 Å². The van der Waals surface area contributed by atoms with Crippen molar-refractivity contribution >= 4 is 57.0 Å². The molecule has 0 saturated heterocycles. The van der Waals surface area contributed by atoms with E-state index in [0.717, 1.165) is 69.9 Å². The highest BCUT2D eigenvalue weighted by atomic mass is 127. The van der Waals surface area contributed by atoms with Gasteiger partial charge in [-0.15, -0.1) is 0 Å². The predicted molar refractivity (Wildman–Crippen MR) is 131 cm³/mol. The Kier molecular flexibility index (Phi) is 10.8. The van der Waals surface area contributed by atoms with Gasteiger partial charge in [0.25, 0.3) is 11.8 Å². The minimum atomic E-state index is 0.00817. The van der Waals surface area contributed by atoms with Crippen molar-refractivity contribution in [3.8, 4) is 0 Å². The zero-order valence-electron chi connectivity index (χ0n) is 15.8. The zero-order valence-corrected chi connectivity index (χ0v) is 20.2. The molecule has 0 bridgehead atoms. The van der Waals surface area contributed by atoms with Crippen molar-refractivity contribution in [3.63, 3.8) is 0 Å². The number of amides is 2. The number of carbonyl (C=O) groups excluding carboxylic acids is 2. The molecule has 0 atom stereocenters. The van der Waals surface area contributed by atoms with E-state index in [0.29, 0.717) is 0 Å². The highest BCUT2D eigenvalue weighted by Gasteiger charge is 2.08. The molecular weight excluding hydrogens is 578 g/mol. The molecule has 28 heavy (non-hydrogen) atoms. The van der Waals surface area contributed by atoms with Gasteiger partial charge in [0.05, 0.1) is 11.1 Å². The summed E-state index contributed by atoms with van der Waals surface area (Å²) < 4.78 is 1.96. The Hall–Kier alpha value is -1.16. The number of nitrogens with one attached hydrogen (secondary N) is 2. The Morgan fingerprint density at radius 3 is 1.36 bits per heavy atom. The number of halogens is 2. The van der Waals surface area contributed by atoms with E-state index in [4.69, 9.17) is 0 Å². The molecule has 0 aliphatic heterocycles. The maximum absolute atomic E-state index is 12.1.